The van der Waals surface area contributed by atoms with Crippen LogP contribution in [-0.2, 0) is 28.7 Å². The van der Waals surface area contributed by atoms with Gasteiger partial charge in [-0.3, -0.25) is 19.2 Å². The predicted molar refractivity (Wildman–Crippen MR) is 118 cm³/mol. The Morgan fingerprint density at radius 1 is 1.08 bits per heavy atom. The summed E-state index contributed by atoms with van der Waals surface area (Å²) in [6.07, 6.45) is -2.78. The molecule has 198 valence electrons. The molecule has 0 aromatic rings. The van der Waals surface area contributed by atoms with Gasteiger partial charge in [-0.25, -0.2) is 4.39 Å². The van der Waals surface area contributed by atoms with Gasteiger partial charge in [0.25, 0.3) is 0 Å². The van der Waals surface area contributed by atoms with Gasteiger partial charge in [-0.05, 0) is 50.2 Å². The highest BCUT2D eigenvalue weighted by molar-refractivity contribution is 6.06. The molecule has 0 aliphatic heterocycles. The van der Waals surface area contributed by atoms with Gasteiger partial charge in [0.15, 0.2) is 22.8 Å². The average Bonchev–Trinajstić information content (AvgIpc) is 2.98. The molecule has 1 unspecified atom stereocenters. The lowest BCUT2D eigenvalue weighted by atomic mass is 9.44. The van der Waals surface area contributed by atoms with Crippen molar-refractivity contribution in [1.29, 1.82) is 0 Å². The second kappa shape index (κ2) is 8.27. The van der Waals surface area contributed by atoms with E-state index in [9.17, 15) is 39.6 Å². The van der Waals surface area contributed by atoms with Crippen molar-refractivity contribution in [1.82, 2.24) is 0 Å². The largest absolute Gasteiger partial charge is 0.426 e. The number of aliphatic hydroxyl groups is 4. The van der Waals surface area contributed by atoms with Crippen molar-refractivity contribution >= 4 is 23.5 Å². The summed E-state index contributed by atoms with van der Waals surface area (Å²) in [6.45, 7) is 3.87. The number of ketones is 2. The molecule has 36 heavy (non-hydrogen) atoms. The number of allylic oxidation sites excluding steroid dienone is 2. The van der Waals surface area contributed by atoms with Crippen LogP contribution in [0.4, 0.5) is 4.39 Å². The molecule has 0 aromatic carbocycles. The van der Waals surface area contributed by atoms with Crippen LogP contribution < -0.4 is 0 Å². The van der Waals surface area contributed by atoms with Crippen molar-refractivity contribution in [3.63, 3.8) is 0 Å². The fourth-order valence-corrected chi connectivity index (χ4v) is 7.52. The number of alkyl halides is 1. The molecule has 8 atom stereocenters. The Hall–Kier alpha value is -2.47. The molecule has 4 N–H and O–H groups in total. The highest BCUT2D eigenvalue weighted by atomic mass is 19.1. The van der Waals surface area contributed by atoms with Gasteiger partial charge in [0, 0.05) is 25.2 Å². The minimum Gasteiger partial charge on any atom is -0.426 e. The average molecular weight is 511 g/mol. The molecule has 0 saturated heterocycles. The van der Waals surface area contributed by atoms with Crippen molar-refractivity contribution < 1.29 is 53.5 Å². The number of hydrogen-bond donors (Lipinski definition) is 4. The Morgan fingerprint density at radius 2 is 1.69 bits per heavy atom. The fourth-order valence-electron chi connectivity index (χ4n) is 7.52. The summed E-state index contributed by atoms with van der Waals surface area (Å²) >= 11 is 0. The molecule has 11 heteroatoms. The number of aliphatic hydroxyl groups excluding tert-OH is 3. The molecule has 4 aliphatic rings. The molecule has 0 spiro atoms. The lowest BCUT2D eigenvalue weighted by molar-refractivity contribution is -0.228. The Bertz CT molecular complexity index is 1110. The van der Waals surface area contributed by atoms with Crippen LogP contribution >= 0.6 is 0 Å². The van der Waals surface area contributed by atoms with Gasteiger partial charge in [-0.2, -0.15) is 0 Å². The number of fused-ring (bicyclic) bond motifs is 5. The number of hydrogen-bond acceptors (Lipinski definition) is 10. The minimum absolute atomic E-state index is 0.0921. The van der Waals surface area contributed by atoms with Crippen molar-refractivity contribution in [3.05, 3.63) is 23.2 Å². The maximum Gasteiger partial charge on any atom is 0.308 e. The quantitative estimate of drug-likeness (QED) is 0.389. The summed E-state index contributed by atoms with van der Waals surface area (Å²) in [5, 5.41) is 43.0. The van der Waals surface area contributed by atoms with Crippen molar-refractivity contribution in [2.24, 2.45) is 22.7 Å². The van der Waals surface area contributed by atoms with Gasteiger partial charge in [0.05, 0.1) is 17.6 Å². The molecule has 0 amide bonds. The number of ether oxygens (including phenoxy) is 2. The predicted octanol–water partition coefficient (Wildman–Crippen LogP) is 0.402. The van der Waals surface area contributed by atoms with E-state index in [2.05, 4.69) is 0 Å². The third-order valence-corrected chi connectivity index (χ3v) is 9.16. The number of carbonyl (C=O) groups is 4. The van der Waals surface area contributed by atoms with E-state index in [1.807, 2.05) is 0 Å². The first-order valence-corrected chi connectivity index (χ1v) is 11.9. The van der Waals surface area contributed by atoms with Crippen molar-refractivity contribution in [2.45, 2.75) is 76.9 Å². The highest BCUT2D eigenvalue weighted by Gasteiger charge is 2.78. The second-order valence-electron chi connectivity index (χ2n) is 10.8. The zero-order chi connectivity index (χ0) is 27.0. The Kier molecular flexibility index (Phi) is 6.11. The minimum atomic E-state index is -2.61. The van der Waals surface area contributed by atoms with Crippen LogP contribution in [0.1, 0.15) is 53.4 Å². The summed E-state index contributed by atoms with van der Waals surface area (Å²) in [6, 6.07) is 0. The van der Waals surface area contributed by atoms with Gasteiger partial charge >= 0.3 is 11.9 Å². The van der Waals surface area contributed by atoms with Crippen LogP contribution in [0.15, 0.2) is 23.2 Å². The Balaban J connectivity index is 1.93. The third kappa shape index (κ3) is 3.09. The van der Waals surface area contributed by atoms with Crippen LogP contribution in [0.3, 0.4) is 0 Å². The zero-order valence-corrected chi connectivity index (χ0v) is 20.5. The molecule has 4 aliphatic carbocycles. The molecule has 0 heterocycles. The highest BCUT2D eigenvalue weighted by Crippen LogP contribution is 2.71. The van der Waals surface area contributed by atoms with E-state index < -0.39 is 94.2 Å². The zero-order valence-electron chi connectivity index (χ0n) is 20.5. The summed E-state index contributed by atoms with van der Waals surface area (Å²) in [5.74, 6) is -6.68. The molecule has 0 aromatic heterocycles. The van der Waals surface area contributed by atoms with E-state index >= 15 is 4.39 Å². The van der Waals surface area contributed by atoms with E-state index in [4.69, 9.17) is 9.47 Å². The van der Waals surface area contributed by atoms with Gasteiger partial charge in [0.2, 0.25) is 11.5 Å². The number of Topliss-reactive ketones (excluding diaryl/α,β-unsaturated/α-hetero) is 1. The molecule has 3 fully saturated rings. The van der Waals surface area contributed by atoms with Crippen LogP contribution in [0.25, 0.3) is 0 Å². The maximum absolute atomic E-state index is 17.7. The molecule has 10 nitrogen and oxygen atoms in total. The molecule has 0 radical (unpaired) electrons. The summed E-state index contributed by atoms with van der Waals surface area (Å²) in [5.41, 5.74) is -8.19. The third-order valence-electron chi connectivity index (χ3n) is 9.16. The van der Waals surface area contributed by atoms with Crippen LogP contribution in [0, 0.1) is 22.7 Å². The molecular formula is C25H31FO10. The van der Waals surface area contributed by atoms with Crippen molar-refractivity contribution in [2.75, 3.05) is 6.61 Å². The molecule has 0 bridgehead atoms. The number of esters is 2. The summed E-state index contributed by atoms with van der Waals surface area (Å²) in [4.78, 5) is 49.2. The Morgan fingerprint density at radius 3 is 2.25 bits per heavy atom. The van der Waals surface area contributed by atoms with Crippen molar-refractivity contribution in [3.8, 4) is 0 Å². The van der Waals surface area contributed by atoms with Gasteiger partial charge in [0.1, 0.15) is 6.61 Å². The molecule has 4 rings (SSSR count). The van der Waals surface area contributed by atoms with Crippen LogP contribution in [0.5, 0.6) is 0 Å². The SMILES string of the molecule is CC(=O)OC1=C(OC(C)=O)[C@@]2(C)C(=CC1=O)CC[C@H]1[C@@H]3C[C@@H](O)C(O)(C(=O)CO)[C@@]3(C)C[C@H](O)[C@@]12F. The first-order chi connectivity index (χ1) is 16.6. The van der Waals surface area contributed by atoms with E-state index in [1.54, 1.807) is 0 Å². The summed E-state index contributed by atoms with van der Waals surface area (Å²) in [7, 11) is 0. The Labute approximate surface area is 206 Å². The second-order valence-corrected chi connectivity index (χ2v) is 10.8. The van der Waals surface area contributed by atoms with Crippen LogP contribution in [-0.4, -0.2) is 74.0 Å². The maximum atomic E-state index is 17.7. The lowest BCUT2D eigenvalue weighted by Gasteiger charge is -2.62. The number of carbonyl (C=O) groups excluding carboxylic acids is 4. The summed E-state index contributed by atoms with van der Waals surface area (Å²) < 4.78 is 28.1. The topological polar surface area (TPSA) is 168 Å². The molecule has 3 saturated carbocycles. The fraction of sp³-hybridized carbons (Fsp3) is 0.680. The van der Waals surface area contributed by atoms with E-state index in [0.29, 0.717) is 0 Å². The standard InChI is InChI=1S/C25H31FO10/c1-11(28)35-20-16(30)7-13-5-6-14-15-8-17(31)25(34,19(33)10-27)22(15,3)9-18(32)24(14,26)23(13,4)21(20)36-12(2)29/h7,14-15,17-18,27,31-32,34H,5-6,8-10H2,1-4H3/t14-,15-,17+,18-,22-,23+,24-,25?/m0/s1. The van der Waals surface area contributed by atoms with Gasteiger partial charge in [-0.15, -0.1) is 0 Å². The van der Waals surface area contributed by atoms with E-state index in [1.165, 1.54) is 13.8 Å². The van der Waals surface area contributed by atoms with Gasteiger partial charge < -0.3 is 29.9 Å². The van der Waals surface area contributed by atoms with E-state index in [0.717, 1.165) is 19.9 Å². The first-order valence-electron chi connectivity index (χ1n) is 11.9. The smallest absolute Gasteiger partial charge is 0.308 e. The normalized spacial score (nSPS) is 43.7. The lowest BCUT2D eigenvalue weighted by Crippen LogP contribution is -2.70. The van der Waals surface area contributed by atoms with Gasteiger partial charge in [-0.1, -0.05) is 6.92 Å². The van der Waals surface area contributed by atoms with Crippen LogP contribution in [0.2, 0.25) is 0 Å². The first kappa shape index (κ1) is 26.6. The number of rotatable bonds is 4. The molecular weight excluding hydrogens is 479 g/mol. The van der Waals surface area contributed by atoms with E-state index in [-0.39, 0.29) is 24.8 Å². The monoisotopic (exact) mass is 510 g/mol. The number of halogens is 1.